The molecule has 0 saturated carbocycles. The molecule has 28 heavy (non-hydrogen) atoms. The van der Waals surface area contributed by atoms with Crippen LogP contribution in [0.25, 0.3) is 11.3 Å². The van der Waals surface area contributed by atoms with Crippen molar-refractivity contribution in [3.63, 3.8) is 0 Å². The smallest absolute Gasteiger partial charge is 0.224 e. The number of pyridine rings is 1. The Morgan fingerprint density at radius 2 is 2.04 bits per heavy atom. The number of hydrogen-bond acceptors (Lipinski definition) is 3. The second kappa shape index (κ2) is 7.80. The van der Waals surface area contributed by atoms with Crippen LogP contribution in [0.5, 0.6) is 5.75 Å². The summed E-state index contributed by atoms with van der Waals surface area (Å²) in [5.41, 5.74) is 4.46. The summed E-state index contributed by atoms with van der Waals surface area (Å²) in [5, 5.41) is 2.86. The maximum Gasteiger partial charge on any atom is 0.224 e. The van der Waals surface area contributed by atoms with Crippen LogP contribution in [-0.4, -0.2) is 23.5 Å². The summed E-state index contributed by atoms with van der Waals surface area (Å²) in [6.07, 6.45) is 2.36. The van der Waals surface area contributed by atoms with Crippen LogP contribution >= 0.6 is 0 Å². The summed E-state index contributed by atoms with van der Waals surface area (Å²) in [6.45, 7) is 2.40. The van der Waals surface area contributed by atoms with Gasteiger partial charge in [-0.1, -0.05) is 36.4 Å². The number of benzene rings is 2. The van der Waals surface area contributed by atoms with Gasteiger partial charge in [0.2, 0.25) is 5.91 Å². The predicted octanol–water partition coefficient (Wildman–Crippen LogP) is 3.86. The van der Waals surface area contributed by atoms with Crippen molar-refractivity contribution in [1.82, 2.24) is 10.3 Å². The summed E-state index contributed by atoms with van der Waals surface area (Å²) >= 11 is 0. The molecule has 2 heterocycles. The van der Waals surface area contributed by atoms with Crippen LogP contribution in [0.4, 0.5) is 4.39 Å². The Bertz CT molecular complexity index is 1020. The van der Waals surface area contributed by atoms with Crippen LogP contribution in [0.15, 0.2) is 60.8 Å². The van der Waals surface area contributed by atoms with Crippen molar-refractivity contribution < 1.29 is 13.9 Å². The van der Waals surface area contributed by atoms with E-state index in [4.69, 9.17) is 4.74 Å². The molecule has 142 valence electrons. The highest BCUT2D eigenvalue weighted by molar-refractivity contribution is 5.78. The maximum atomic E-state index is 13.7. The molecular weight excluding hydrogens is 355 g/mol. The zero-order valence-electron chi connectivity index (χ0n) is 15.6. The first kappa shape index (κ1) is 18.2. The van der Waals surface area contributed by atoms with E-state index in [-0.39, 0.29) is 24.2 Å². The molecule has 4 nitrogen and oxygen atoms in total. The van der Waals surface area contributed by atoms with E-state index < -0.39 is 0 Å². The molecule has 1 aromatic heterocycles. The van der Waals surface area contributed by atoms with E-state index in [1.54, 1.807) is 24.4 Å². The molecule has 3 aromatic rings. The fourth-order valence-electron chi connectivity index (χ4n) is 3.51. The number of ether oxygens (including phenoxy) is 1. The molecule has 1 unspecified atom stereocenters. The number of carbonyl (C=O) groups excluding carboxylic acids is 1. The molecule has 0 saturated heterocycles. The van der Waals surface area contributed by atoms with Crippen LogP contribution in [-0.2, 0) is 17.6 Å². The van der Waals surface area contributed by atoms with Gasteiger partial charge in [0.25, 0.3) is 0 Å². The molecule has 0 aliphatic carbocycles. The fourth-order valence-corrected chi connectivity index (χ4v) is 3.51. The van der Waals surface area contributed by atoms with Gasteiger partial charge in [0.05, 0.1) is 18.7 Å². The number of aryl methyl sites for hydroxylation is 1. The number of aromatic nitrogens is 1. The molecule has 0 spiro atoms. The number of nitrogens with zero attached hydrogens (tertiary/aromatic N) is 1. The van der Waals surface area contributed by atoms with E-state index in [0.29, 0.717) is 12.1 Å². The summed E-state index contributed by atoms with van der Waals surface area (Å²) in [4.78, 5) is 16.7. The van der Waals surface area contributed by atoms with Crippen molar-refractivity contribution in [2.24, 2.45) is 0 Å². The largest absolute Gasteiger partial charge is 0.487 e. The standard InChI is InChI=1S/C23H21FN2O2/c1-15-6-5-11-25-22(15)19-9-4-8-17-12-18(28-23(17)19)14-26-21(27)13-16-7-2-3-10-20(16)24/h2-11,18H,12-14H2,1H3,(H,26,27). The minimum absolute atomic E-state index is 0.0186. The summed E-state index contributed by atoms with van der Waals surface area (Å²) < 4.78 is 19.8. The Balaban J connectivity index is 1.42. The van der Waals surface area contributed by atoms with Gasteiger partial charge in [-0.2, -0.15) is 0 Å². The van der Waals surface area contributed by atoms with Crippen molar-refractivity contribution in [2.75, 3.05) is 6.54 Å². The molecule has 0 fully saturated rings. The molecule has 1 aliphatic rings. The van der Waals surface area contributed by atoms with Crippen LogP contribution in [0.2, 0.25) is 0 Å². The third-order valence-electron chi connectivity index (χ3n) is 4.93. The topological polar surface area (TPSA) is 51.2 Å². The number of nitrogens with one attached hydrogen (secondary N) is 1. The third kappa shape index (κ3) is 3.74. The van der Waals surface area contributed by atoms with Gasteiger partial charge in [-0.15, -0.1) is 0 Å². The number of para-hydroxylation sites is 1. The number of halogens is 1. The predicted molar refractivity (Wildman–Crippen MR) is 106 cm³/mol. The monoisotopic (exact) mass is 376 g/mol. The van der Waals surface area contributed by atoms with E-state index >= 15 is 0 Å². The lowest BCUT2D eigenvalue weighted by Gasteiger charge is -2.14. The molecule has 5 heteroatoms. The number of fused-ring (bicyclic) bond motifs is 1. The van der Waals surface area contributed by atoms with E-state index in [1.807, 2.05) is 37.3 Å². The Hall–Kier alpha value is -3.21. The van der Waals surface area contributed by atoms with Crippen molar-refractivity contribution >= 4 is 5.91 Å². The lowest BCUT2D eigenvalue weighted by Crippen LogP contribution is -2.35. The van der Waals surface area contributed by atoms with Crippen molar-refractivity contribution in [3.05, 3.63) is 83.3 Å². The lowest BCUT2D eigenvalue weighted by molar-refractivity contribution is -0.120. The highest BCUT2D eigenvalue weighted by atomic mass is 19.1. The third-order valence-corrected chi connectivity index (χ3v) is 4.93. The first-order valence-electron chi connectivity index (χ1n) is 9.32. The second-order valence-corrected chi connectivity index (χ2v) is 6.98. The van der Waals surface area contributed by atoms with Gasteiger partial charge >= 0.3 is 0 Å². The van der Waals surface area contributed by atoms with Gasteiger partial charge in [-0.05, 0) is 41.8 Å². The zero-order chi connectivity index (χ0) is 19.5. The SMILES string of the molecule is Cc1cccnc1-c1cccc2c1OC(CNC(=O)Cc1ccccc1F)C2. The van der Waals surface area contributed by atoms with Gasteiger partial charge in [0.1, 0.15) is 17.7 Å². The minimum atomic E-state index is -0.363. The van der Waals surface area contributed by atoms with Crippen LogP contribution < -0.4 is 10.1 Å². The Morgan fingerprint density at radius 1 is 1.18 bits per heavy atom. The van der Waals surface area contributed by atoms with Crippen molar-refractivity contribution in [2.45, 2.75) is 25.9 Å². The quantitative estimate of drug-likeness (QED) is 0.736. The van der Waals surface area contributed by atoms with E-state index in [0.717, 1.165) is 34.6 Å². The van der Waals surface area contributed by atoms with Gasteiger partial charge in [-0.3, -0.25) is 9.78 Å². The molecule has 1 atom stereocenters. The van der Waals surface area contributed by atoms with Gasteiger partial charge in [-0.25, -0.2) is 4.39 Å². The van der Waals surface area contributed by atoms with Gasteiger partial charge in [0, 0.05) is 18.2 Å². The van der Waals surface area contributed by atoms with Crippen LogP contribution in [0.3, 0.4) is 0 Å². The molecule has 4 rings (SSSR count). The lowest BCUT2D eigenvalue weighted by atomic mass is 10.0. The maximum absolute atomic E-state index is 13.7. The zero-order valence-corrected chi connectivity index (χ0v) is 15.6. The normalized spacial score (nSPS) is 15.0. The van der Waals surface area contributed by atoms with Crippen molar-refractivity contribution in [1.29, 1.82) is 0 Å². The van der Waals surface area contributed by atoms with Crippen LogP contribution in [0.1, 0.15) is 16.7 Å². The first-order valence-corrected chi connectivity index (χ1v) is 9.32. The van der Waals surface area contributed by atoms with Crippen LogP contribution in [0, 0.1) is 12.7 Å². The molecule has 0 radical (unpaired) electrons. The highest BCUT2D eigenvalue weighted by Crippen LogP contribution is 2.38. The average molecular weight is 376 g/mol. The Labute approximate surface area is 163 Å². The number of hydrogen-bond donors (Lipinski definition) is 1. The average Bonchev–Trinajstić information content (AvgIpc) is 3.12. The van der Waals surface area contributed by atoms with Gasteiger partial charge in [0.15, 0.2) is 0 Å². The summed E-state index contributed by atoms with van der Waals surface area (Å²) in [5.74, 6) is 0.251. The Kier molecular flexibility index (Phi) is 5.06. The first-order chi connectivity index (χ1) is 13.6. The summed E-state index contributed by atoms with van der Waals surface area (Å²) in [6, 6.07) is 16.3. The summed E-state index contributed by atoms with van der Waals surface area (Å²) in [7, 11) is 0. The molecule has 1 N–H and O–H groups in total. The molecule has 2 aromatic carbocycles. The second-order valence-electron chi connectivity index (χ2n) is 6.98. The Morgan fingerprint density at radius 3 is 2.86 bits per heavy atom. The van der Waals surface area contributed by atoms with Crippen molar-refractivity contribution in [3.8, 4) is 17.0 Å². The number of carbonyl (C=O) groups is 1. The van der Waals surface area contributed by atoms with Gasteiger partial charge < -0.3 is 10.1 Å². The fraction of sp³-hybridized carbons (Fsp3) is 0.217. The van der Waals surface area contributed by atoms with E-state index in [2.05, 4.69) is 10.3 Å². The van der Waals surface area contributed by atoms with E-state index in [9.17, 15) is 9.18 Å². The minimum Gasteiger partial charge on any atom is -0.487 e. The van der Waals surface area contributed by atoms with E-state index in [1.165, 1.54) is 6.07 Å². The molecule has 1 amide bonds. The number of amides is 1. The molecule has 1 aliphatic heterocycles. The number of rotatable bonds is 5. The molecular formula is C23H21FN2O2. The molecule has 0 bridgehead atoms. The highest BCUT2D eigenvalue weighted by Gasteiger charge is 2.26.